The van der Waals surface area contributed by atoms with Gasteiger partial charge in [-0.25, -0.2) is 4.39 Å². The second-order valence-corrected chi connectivity index (χ2v) is 6.60. The fourth-order valence-corrected chi connectivity index (χ4v) is 3.60. The molecule has 0 aliphatic heterocycles. The Hall–Kier alpha value is -2.34. The maximum absolute atomic E-state index is 13.0. The summed E-state index contributed by atoms with van der Waals surface area (Å²) in [6.07, 6.45) is 7.12. The second-order valence-electron chi connectivity index (χ2n) is 6.16. The van der Waals surface area contributed by atoms with Gasteiger partial charge in [-0.2, -0.15) is 0 Å². The van der Waals surface area contributed by atoms with E-state index >= 15 is 0 Å². The molecule has 1 atom stereocenters. The Kier molecular flexibility index (Phi) is 5.38. The van der Waals surface area contributed by atoms with E-state index < -0.39 is 5.41 Å². The average Bonchev–Trinajstić information content (AvgIpc) is 2.64. The van der Waals surface area contributed by atoms with E-state index in [9.17, 15) is 4.39 Å². The normalized spacial score (nSPS) is 21.9. The van der Waals surface area contributed by atoms with Crippen LogP contribution < -0.4 is 5.73 Å². The van der Waals surface area contributed by atoms with Crippen LogP contribution in [0.2, 0.25) is 0 Å². The summed E-state index contributed by atoms with van der Waals surface area (Å²) in [5.41, 5.74) is 8.18. The molecule has 1 fully saturated rings. The van der Waals surface area contributed by atoms with Gasteiger partial charge in [0.1, 0.15) is 12.4 Å². The highest BCUT2D eigenvalue weighted by molar-refractivity contribution is 7.80. The van der Waals surface area contributed by atoms with Gasteiger partial charge in [0.05, 0.1) is 16.1 Å². The van der Waals surface area contributed by atoms with Gasteiger partial charge >= 0.3 is 0 Å². The van der Waals surface area contributed by atoms with Crippen molar-refractivity contribution in [3.8, 4) is 0 Å². The van der Waals surface area contributed by atoms with Gasteiger partial charge < -0.3 is 10.6 Å². The maximum Gasteiger partial charge on any atom is 0.142 e. The highest BCUT2D eigenvalue weighted by Gasteiger charge is 2.43. The fourth-order valence-electron chi connectivity index (χ4n) is 3.26. The Morgan fingerprint density at radius 2 is 2.08 bits per heavy atom. The Morgan fingerprint density at radius 3 is 2.76 bits per heavy atom. The first kappa shape index (κ1) is 17.5. The molecule has 1 saturated carbocycles. The minimum Gasteiger partial charge on any atom is -0.392 e. The van der Waals surface area contributed by atoms with E-state index in [-0.39, 0.29) is 12.4 Å². The molecule has 0 radical (unpaired) electrons. The first-order valence-electron chi connectivity index (χ1n) is 8.27. The highest BCUT2D eigenvalue weighted by Crippen LogP contribution is 2.38. The topological polar surface area (TPSA) is 60.5 Å². The smallest absolute Gasteiger partial charge is 0.142 e. The molecule has 130 valence electrons. The lowest BCUT2D eigenvalue weighted by Gasteiger charge is -2.37. The number of nitrogens with two attached hydrogens (primary N) is 1. The van der Waals surface area contributed by atoms with Gasteiger partial charge in [-0.15, -0.1) is 0 Å². The van der Waals surface area contributed by atoms with Gasteiger partial charge in [0.15, 0.2) is 0 Å². The average molecular weight is 357 g/mol. The van der Waals surface area contributed by atoms with Crippen molar-refractivity contribution < 1.29 is 9.23 Å². The van der Waals surface area contributed by atoms with Gasteiger partial charge in [0.2, 0.25) is 0 Å². The third-order valence-electron chi connectivity index (χ3n) is 4.60. The Balaban J connectivity index is 1.86. The van der Waals surface area contributed by atoms with Crippen molar-refractivity contribution in [1.29, 1.82) is 0 Å². The molecule has 1 unspecified atom stereocenters. The van der Waals surface area contributed by atoms with Crippen LogP contribution in [0.5, 0.6) is 0 Å². The van der Waals surface area contributed by atoms with E-state index in [2.05, 4.69) is 10.1 Å². The second kappa shape index (κ2) is 7.70. The van der Waals surface area contributed by atoms with Crippen LogP contribution >= 0.6 is 12.2 Å². The van der Waals surface area contributed by atoms with E-state index in [1.54, 1.807) is 24.5 Å². The van der Waals surface area contributed by atoms with E-state index in [1.165, 1.54) is 12.1 Å². The summed E-state index contributed by atoms with van der Waals surface area (Å²) in [6, 6.07) is 10.0. The first-order valence-corrected chi connectivity index (χ1v) is 8.68. The van der Waals surface area contributed by atoms with Crippen LogP contribution in [0.3, 0.4) is 0 Å². The molecular formula is C19H20FN3OS. The summed E-state index contributed by atoms with van der Waals surface area (Å²) in [5, 5.41) is 4.38. The molecule has 3 rings (SSSR count). The standard InChI is InChI=1S/C19H20FN3OS/c20-16-8-6-14(7-9-16)13-24-23-17-5-1-2-10-19(17,18(21)25)15-4-3-11-22-12-15/h3-4,6-9,11-12H,1-2,5,10,13H2,(H2,21,25). The molecule has 1 aromatic carbocycles. The number of rotatable bonds is 5. The molecule has 25 heavy (non-hydrogen) atoms. The minimum absolute atomic E-state index is 0.268. The molecule has 6 heteroatoms. The van der Waals surface area contributed by atoms with Gasteiger partial charge in [0, 0.05) is 12.4 Å². The summed E-state index contributed by atoms with van der Waals surface area (Å²) >= 11 is 5.42. The molecule has 1 aliphatic carbocycles. The van der Waals surface area contributed by atoms with Crippen LogP contribution in [0, 0.1) is 5.82 Å². The molecule has 1 aliphatic rings. The van der Waals surface area contributed by atoms with Crippen molar-refractivity contribution in [2.75, 3.05) is 0 Å². The summed E-state index contributed by atoms with van der Waals surface area (Å²) in [6.45, 7) is 0.268. The third kappa shape index (κ3) is 3.69. The van der Waals surface area contributed by atoms with Crippen molar-refractivity contribution in [2.45, 2.75) is 37.7 Å². The molecule has 2 aromatic rings. The predicted molar refractivity (Wildman–Crippen MR) is 99.8 cm³/mol. The largest absolute Gasteiger partial charge is 0.392 e. The summed E-state index contributed by atoms with van der Waals surface area (Å²) in [5.74, 6) is -0.272. The predicted octanol–water partition coefficient (Wildman–Crippen LogP) is 3.89. The summed E-state index contributed by atoms with van der Waals surface area (Å²) < 4.78 is 13.0. The van der Waals surface area contributed by atoms with E-state index in [4.69, 9.17) is 22.8 Å². The highest BCUT2D eigenvalue weighted by atomic mass is 32.1. The quantitative estimate of drug-likeness (QED) is 0.651. The van der Waals surface area contributed by atoms with Crippen LogP contribution in [-0.4, -0.2) is 15.7 Å². The van der Waals surface area contributed by atoms with Gasteiger partial charge in [-0.3, -0.25) is 4.98 Å². The molecule has 0 spiro atoms. The monoisotopic (exact) mass is 357 g/mol. The van der Waals surface area contributed by atoms with Crippen LogP contribution in [-0.2, 0) is 16.9 Å². The zero-order chi connectivity index (χ0) is 17.7. The van der Waals surface area contributed by atoms with Crippen molar-refractivity contribution in [1.82, 2.24) is 4.98 Å². The number of oxime groups is 1. The number of nitrogens with zero attached hydrogens (tertiary/aromatic N) is 2. The zero-order valence-corrected chi connectivity index (χ0v) is 14.6. The van der Waals surface area contributed by atoms with E-state index in [0.717, 1.165) is 42.5 Å². The lowest BCUT2D eigenvalue weighted by atomic mass is 9.68. The van der Waals surface area contributed by atoms with E-state index in [0.29, 0.717) is 4.99 Å². The summed E-state index contributed by atoms with van der Waals surface area (Å²) in [7, 11) is 0. The van der Waals surface area contributed by atoms with Crippen molar-refractivity contribution in [3.05, 3.63) is 65.7 Å². The van der Waals surface area contributed by atoms with Crippen LogP contribution in [0.4, 0.5) is 4.39 Å². The van der Waals surface area contributed by atoms with E-state index in [1.807, 2.05) is 12.1 Å². The first-order chi connectivity index (χ1) is 12.1. The van der Waals surface area contributed by atoms with Gasteiger partial charge in [0.25, 0.3) is 0 Å². The molecular weight excluding hydrogens is 337 g/mol. The molecule has 0 saturated heterocycles. The minimum atomic E-state index is -0.607. The van der Waals surface area contributed by atoms with Gasteiger partial charge in [-0.05, 0) is 48.6 Å². The van der Waals surface area contributed by atoms with Gasteiger partial charge in [-0.1, -0.05) is 42.0 Å². The molecule has 1 heterocycles. The molecule has 0 bridgehead atoms. The number of aromatic nitrogens is 1. The number of hydrogen-bond donors (Lipinski definition) is 1. The van der Waals surface area contributed by atoms with Crippen LogP contribution in [0.25, 0.3) is 0 Å². The Bertz CT molecular complexity index is 764. The molecule has 4 nitrogen and oxygen atoms in total. The van der Waals surface area contributed by atoms with Crippen LogP contribution in [0.1, 0.15) is 36.8 Å². The molecule has 2 N–H and O–H groups in total. The summed E-state index contributed by atoms with van der Waals surface area (Å²) in [4.78, 5) is 10.2. The number of hydrogen-bond acceptors (Lipinski definition) is 4. The Morgan fingerprint density at radius 1 is 1.28 bits per heavy atom. The lowest BCUT2D eigenvalue weighted by molar-refractivity contribution is 0.127. The third-order valence-corrected chi connectivity index (χ3v) is 4.95. The number of halogens is 1. The SMILES string of the molecule is NC(=S)C1(c2cccnc2)CCCCC1=NOCc1ccc(F)cc1. The molecule has 1 aromatic heterocycles. The van der Waals surface area contributed by atoms with Crippen LogP contribution in [0.15, 0.2) is 53.9 Å². The van der Waals surface area contributed by atoms with Crippen molar-refractivity contribution >= 4 is 22.9 Å². The number of pyridine rings is 1. The molecule has 0 amide bonds. The Labute approximate surface area is 151 Å². The number of thiocarbonyl (C=S) groups is 1. The van der Waals surface area contributed by atoms with Crippen molar-refractivity contribution in [2.24, 2.45) is 10.9 Å². The van der Waals surface area contributed by atoms with Crippen molar-refractivity contribution in [3.63, 3.8) is 0 Å². The lowest BCUT2D eigenvalue weighted by Crippen LogP contribution is -2.49. The maximum atomic E-state index is 13.0. The zero-order valence-electron chi connectivity index (χ0n) is 13.8. The number of benzene rings is 1. The fraction of sp³-hybridized carbons (Fsp3) is 0.316.